The summed E-state index contributed by atoms with van der Waals surface area (Å²) < 4.78 is 2.80. The van der Waals surface area contributed by atoms with Crippen molar-refractivity contribution >= 4 is 89.3 Å². The predicted octanol–water partition coefficient (Wildman–Crippen LogP) is 17.3. The maximum Gasteiger partial charge on any atom is 0.264 e. The van der Waals surface area contributed by atoms with Crippen molar-refractivity contribution in [2.75, 3.05) is 14.7 Å². The standard InChI is InChI=1S/C67H78BN3S/c1-41-35-43(62(5,6)7)25-29-52(41)70-54-40-50-49(64(11,12)33-34-65(50,13)14)39-51(54)68-58-55(37-46(38-56(58)70)71-53-22-18-17-21-48(53)66(15)31-19-20-32-67(66,71)16)69(45-27-23-42(24-28-45)61(2,3)4)59-47-36-44(63(8,9)10)26-30-57(47)72-60(59)68/h17-18,21-30,35-40H,19-20,31-34H2,1-16H3. The molecule has 12 rings (SSSR count). The molecule has 3 aliphatic heterocycles. The zero-order valence-electron chi connectivity index (χ0n) is 46.5. The number of para-hydroxylation sites is 1. The second-order valence-corrected chi connectivity index (χ2v) is 28.8. The second kappa shape index (κ2) is 15.4. The van der Waals surface area contributed by atoms with Gasteiger partial charge in [-0.2, -0.15) is 0 Å². The number of hydrogen-bond acceptors (Lipinski definition) is 4. The first kappa shape index (κ1) is 47.7. The van der Waals surface area contributed by atoms with E-state index in [9.17, 15) is 0 Å². The van der Waals surface area contributed by atoms with Crippen LogP contribution < -0.4 is 30.4 Å². The number of anilines is 8. The number of aryl methyl sites for hydroxylation is 1. The van der Waals surface area contributed by atoms with E-state index in [0.29, 0.717) is 0 Å². The highest BCUT2D eigenvalue weighted by Crippen LogP contribution is 2.62. The molecule has 0 radical (unpaired) electrons. The van der Waals surface area contributed by atoms with Crippen LogP contribution in [0.5, 0.6) is 0 Å². The Hall–Kier alpha value is -5.26. The molecule has 7 aromatic rings. The molecule has 3 nitrogen and oxygen atoms in total. The minimum Gasteiger partial charge on any atom is -0.334 e. The fourth-order valence-corrected chi connectivity index (χ4v) is 15.5. The van der Waals surface area contributed by atoms with Gasteiger partial charge in [0.1, 0.15) is 0 Å². The molecule has 6 aromatic carbocycles. The highest BCUT2D eigenvalue weighted by atomic mass is 32.1. The number of fused-ring (bicyclic) bond motifs is 10. The lowest BCUT2D eigenvalue weighted by Gasteiger charge is -2.51. The minimum absolute atomic E-state index is 0.00384. The van der Waals surface area contributed by atoms with E-state index in [-0.39, 0.29) is 44.7 Å². The van der Waals surface area contributed by atoms with E-state index in [1.165, 1.54) is 142 Å². The highest BCUT2D eigenvalue weighted by molar-refractivity contribution is 7.33. The van der Waals surface area contributed by atoms with Crippen LogP contribution in [-0.2, 0) is 32.5 Å². The molecule has 5 aliphatic rings. The monoisotopic (exact) mass is 968 g/mol. The maximum absolute atomic E-state index is 2.83. The van der Waals surface area contributed by atoms with Crippen molar-refractivity contribution in [2.45, 2.75) is 187 Å². The van der Waals surface area contributed by atoms with Crippen LogP contribution in [0.15, 0.2) is 109 Å². The molecular weight excluding hydrogens is 890 g/mol. The average Bonchev–Trinajstić information content (AvgIpc) is 3.79. The molecule has 2 atom stereocenters. The summed E-state index contributed by atoms with van der Waals surface area (Å²) in [4.78, 5) is 8.30. The van der Waals surface area contributed by atoms with E-state index < -0.39 is 0 Å². The molecule has 2 aliphatic carbocycles. The zero-order chi connectivity index (χ0) is 51.0. The molecule has 0 N–H and O–H groups in total. The van der Waals surface area contributed by atoms with Crippen molar-refractivity contribution in [3.05, 3.63) is 148 Å². The molecule has 2 unspecified atom stereocenters. The van der Waals surface area contributed by atoms with E-state index in [1.54, 1.807) is 0 Å². The van der Waals surface area contributed by atoms with Crippen molar-refractivity contribution in [1.29, 1.82) is 0 Å². The summed E-state index contributed by atoms with van der Waals surface area (Å²) in [6.07, 6.45) is 7.19. The molecule has 72 heavy (non-hydrogen) atoms. The zero-order valence-corrected chi connectivity index (χ0v) is 47.3. The third-order valence-electron chi connectivity index (χ3n) is 19.0. The summed E-state index contributed by atoms with van der Waals surface area (Å²) in [7, 11) is 0. The number of hydrogen-bond donors (Lipinski definition) is 0. The van der Waals surface area contributed by atoms with Gasteiger partial charge in [-0.15, -0.1) is 11.3 Å². The number of benzene rings is 6. The number of rotatable bonds is 3. The Morgan fingerprint density at radius 3 is 1.74 bits per heavy atom. The van der Waals surface area contributed by atoms with Crippen LogP contribution in [0.3, 0.4) is 0 Å². The van der Waals surface area contributed by atoms with E-state index in [0.717, 1.165) is 6.42 Å². The Morgan fingerprint density at radius 2 is 1.08 bits per heavy atom. The SMILES string of the molecule is Cc1cc(C(C)(C)C)ccc1N1c2cc3c(cc2B2c4sc5ccc(C(C)(C)C)cc5c4N(c4ccc(C(C)(C)C)cc4)c4cc(N5c6ccccc6C6(C)CCCCC56C)cc1c42)C(C)(C)CCC3(C)C. The number of thiophene rings is 1. The van der Waals surface area contributed by atoms with Crippen LogP contribution in [0, 0.1) is 6.92 Å². The van der Waals surface area contributed by atoms with Gasteiger partial charge in [-0.05, 0) is 171 Å². The second-order valence-electron chi connectivity index (χ2n) is 27.7. The van der Waals surface area contributed by atoms with Gasteiger partial charge >= 0.3 is 0 Å². The summed E-state index contributed by atoms with van der Waals surface area (Å²) >= 11 is 2.03. The van der Waals surface area contributed by atoms with Crippen molar-refractivity contribution in [3.8, 4) is 0 Å². The minimum atomic E-state index is -0.110. The summed E-state index contributed by atoms with van der Waals surface area (Å²) in [6, 6.07) is 44.6. The van der Waals surface area contributed by atoms with Crippen molar-refractivity contribution in [3.63, 3.8) is 0 Å². The van der Waals surface area contributed by atoms with Crippen LogP contribution >= 0.6 is 11.3 Å². The Kier molecular flexibility index (Phi) is 10.2. The molecule has 1 fully saturated rings. The largest absolute Gasteiger partial charge is 0.334 e. The Bertz CT molecular complexity index is 3390. The van der Waals surface area contributed by atoms with E-state index >= 15 is 0 Å². The van der Waals surface area contributed by atoms with E-state index in [1.807, 2.05) is 11.3 Å². The van der Waals surface area contributed by atoms with Crippen LogP contribution in [0.4, 0.5) is 45.5 Å². The van der Waals surface area contributed by atoms with Crippen LogP contribution in [-0.4, -0.2) is 12.3 Å². The van der Waals surface area contributed by atoms with Gasteiger partial charge in [0.05, 0.1) is 11.2 Å². The molecule has 5 heteroatoms. The molecule has 0 bridgehead atoms. The summed E-state index contributed by atoms with van der Waals surface area (Å²) in [5, 5.41) is 1.36. The fraction of sp³-hybridized carbons (Fsp3) is 0.433. The quantitative estimate of drug-likeness (QED) is 0.163. The van der Waals surface area contributed by atoms with Gasteiger partial charge in [0.25, 0.3) is 6.71 Å². The summed E-state index contributed by atoms with van der Waals surface area (Å²) in [6.45, 7) is 38.7. The third kappa shape index (κ3) is 6.80. The lowest BCUT2D eigenvalue weighted by molar-refractivity contribution is 0.195. The molecule has 1 aromatic heterocycles. The first-order chi connectivity index (χ1) is 33.7. The molecule has 370 valence electrons. The first-order valence-electron chi connectivity index (χ1n) is 27.4. The van der Waals surface area contributed by atoms with Crippen molar-refractivity contribution < 1.29 is 0 Å². The van der Waals surface area contributed by atoms with Gasteiger partial charge in [0, 0.05) is 60.1 Å². The third-order valence-corrected chi connectivity index (χ3v) is 20.3. The van der Waals surface area contributed by atoms with E-state index in [2.05, 4.69) is 235 Å². The molecular formula is C67H78BN3S. The van der Waals surface area contributed by atoms with Gasteiger partial charge in [-0.1, -0.05) is 164 Å². The van der Waals surface area contributed by atoms with Crippen LogP contribution in [0.1, 0.15) is 181 Å². The van der Waals surface area contributed by atoms with E-state index in [4.69, 9.17) is 0 Å². The topological polar surface area (TPSA) is 9.72 Å². The maximum atomic E-state index is 2.83. The lowest BCUT2D eigenvalue weighted by atomic mass is 9.35. The average molecular weight is 968 g/mol. The van der Waals surface area contributed by atoms with Gasteiger partial charge in [-0.3, -0.25) is 0 Å². The molecule has 0 saturated heterocycles. The first-order valence-corrected chi connectivity index (χ1v) is 28.2. The number of nitrogens with zero attached hydrogens (tertiary/aromatic N) is 3. The van der Waals surface area contributed by atoms with Crippen LogP contribution in [0.2, 0.25) is 0 Å². The van der Waals surface area contributed by atoms with Gasteiger partial charge in [0.2, 0.25) is 0 Å². The smallest absolute Gasteiger partial charge is 0.264 e. The normalized spacial score (nSPS) is 21.8. The molecule has 0 amide bonds. The van der Waals surface area contributed by atoms with Gasteiger partial charge in [0.15, 0.2) is 0 Å². The molecule has 1 saturated carbocycles. The van der Waals surface area contributed by atoms with Gasteiger partial charge in [-0.25, -0.2) is 0 Å². The fourth-order valence-electron chi connectivity index (χ4n) is 14.2. The molecule has 0 spiro atoms. The Labute approximate surface area is 437 Å². The summed E-state index contributed by atoms with van der Waals surface area (Å²) in [5.74, 6) is 0. The van der Waals surface area contributed by atoms with Gasteiger partial charge < -0.3 is 14.7 Å². The summed E-state index contributed by atoms with van der Waals surface area (Å²) in [5.41, 5.74) is 23.3. The van der Waals surface area contributed by atoms with Crippen molar-refractivity contribution in [1.82, 2.24) is 0 Å². The van der Waals surface area contributed by atoms with Crippen molar-refractivity contribution in [2.24, 2.45) is 0 Å². The van der Waals surface area contributed by atoms with Crippen LogP contribution in [0.25, 0.3) is 10.1 Å². The highest BCUT2D eigenvalue weighted by Gasteiger charge is 2.58. The Morgan fingerprint density at radius 1 is 0.500 bits per heavy atom. The Balaban J connectivity index is 1.25. The lowest BCUT2D eigenvalue weighted by Crippen LogP contribution is -2.61. The predicted molar refractivity (Wildman–Crippen MR) is 315 cm³/mol. The molecule has 4 heterocycles.